The average molecular weight is 269 g/mol. The average Bonchev–Trinajstić information content (AvgIpc) is 2.94. The van der Waals surface area contributed by atoms with Crippen molar-refractivity contribution in [3.8, 4) is 0 Å². The maximum atomic E-state index is 12.6. The van der Waals surface area contributed by atoms with E-state index in [1.807, 2.05) is 29.2 Å². The van der Waals surface area contributed by atoms with Crippen LogP contribution in [0.5, 0.6) is 0 Å². The highest BCUT2D eigenvalue weighted by Gasteiger charge is 2.27. The Morgan fingerprint density at radius 3 is 2.80 bits per heavy atom. The Kier molecular flexibility index (Phi) is 3.22. The summed E-state index contributed by atoms with van der Waals surface area (Å²) in [5, 5.41) is 0. The summed E-state index contributed by atoms with van der Waals surface area (Å²) in [4.78, 5) is 19.8. The molecule has 1 N–H and O–H groups in total. The van der Waals surface area contributed by atoms with E-state index in [-0.39, 0.29) is 11.9 Å². The third-order valence-corrected chi connectivity index (χ3v) is 3.90. The van der Waals surface area contributed by atoms with Crippen LogP contribution in [0.2, 0.25) is 0 Å². The smallest absolute Gasteiger partial charge is 0.270 e. The number of nitrogens with zero attached hydrogens (tertiary/aromatic N) is 2. The number of likely N-dealkylation sites (N-methyl/N-ethyl adjacent to an activating group) is 1. The van der Waals surface area contributed by atoms with Gasteiger partial charge in [-0.15, -0.1) is 0 Å². The van der Waals surface area contributed by atoms with Crippen molar-refractivity contribution in [2.75, 3.05) is 18.5 Å². The van der Waals surface area contributed by atoms with Gasteiger partial charge >= 0.3 is 0 Å². The van der Waals surface area contributed by atoms with E-state index >= 15 is 0 Å². The molecule has 1 amide bonds. The third-order valence-electron chi connectivity index (χ3n) is 3.90. The molecule has 0 radical (unpaired) electrons. The van der Waals surface area contributed by atoms with E-state index in [2.05, 4.69) is 36.0 Å². The summed E-state index contributed by atoms with van der Waals surface area (Å²) in [6.45, 7) is 3.59. The van der Waals surface area contributed by atoms with E-state index in [4.69, 9.17) is 0 Å². The molecule has 1 aliphatic heterocycles. The number of fused-ring (bicyclic) bond motifs is 1. The number of carbonyl (C=O) groups excluding carboxylic acids is 1. The van der Waals surface area contributed by atoms with Crippen molar-refractivity contribution >= 4 is 11.6 Å². The van der Waals surface area contributed by atoms with Crippen LogP contribution in [0, 0.1) is 0 Å². The largest absolute Gasteiger partial charge is 0.372 e. The number of benzene rings is 1. The van der Waals surface area contributed by atoms with Crippen molar-refractivity contribution in [1.82, 2.24) is 9.88 Å². The summed E-state index contributed by atoms with van der Waals surface area (Å²) >= 11 is 0. The lowest BCUT2D eigenvalue weighted by molar-refractivity contribution is 0.0682. The number of carbonyl (C=O) groups is 1. The molecule has 3 rings (SSSR count). The molecule has 0 bridgehead atoms. The summed E-state index contributed by atoms with van der Waals surface area (Å²) < 4.78 is 0. The SMILES string of the molecule is CC1CN(C)c2ccccc2CN1C(=O)c1ccc[nH]1. The lowest BCUT2D eigenvalue weighted by Gasteiger charge is -2.28. The van der Waals surface area contributed by atoms with Crippen LogP contribution in [0.1, 0.15) is 23.0 Å². The molecule has 0 spiro atoms. The monoisotopic (exact) mass is 269 g/mol. The number of nitrogens with one attached hydrogen (secondary N) is 1. The highest BCUT2D eigenvalue weighted by molar-refractivity contribution is 5.92. The first-order valence-corrected chi connectivity index (χ1v) is 6.90. The van der Waals surface area contributed by atoms with Gasteiger partial charge in [0.1, 0.15) is 5.69 Å². The van der Waals surface area contributed by atoms with E-state index < -0.39 is 0 Å². The summed E-state index contributed by atoms with van der Waals surface area (Å²) in [5.41, 5.74) is 3.05. The first-order valence-electron chi connectivity index (χ1n) is 6.90. The predicted molar refractivity (Wildman–Crippen MR) is 79.8 cm³/mol. The standard InChI is InChI=1S/C16H19N3O/c1-12-10-18(2)15-8-4-3-6-13(15)11-19(12)16(20)14-7-5-9-17-14/h3-9,12,17H,10-11H2,1-2H3. The highest BCUT2D eigenvalue weighted by Crippen LogP contribution is 2.26. The fraction of sp³-hybridized carbons (Fsp3) is 0.312. The number of anilines is 1. The normalized spacial score (nSPS) is 18.6. The van der Waals surface area contributed by atoms with Crippen molar-refractivity contribution in [2.45, 2.75) is 19.5 Å². The second-order valence-corrected chi connectivity index (χ2v) is 5.38. The number of aromatic amines is 1. The van der Waals surface area contributed by atoms with Crippen molar-refractivity contribution in [3.05, 3.63) is 53.9 Å². The summed E-state index contributed by atoms with van der Waals surface area (Å²) in [6.07, 6.45) is 1.79. The van der Waals surface area contributed by atoms with Crippen molar-refractivity contribution in [3.63, 3.8) is 0 Å². The van der Waals surface area contributed by atoms with Crippen LogP contribution in [0.25, 0.3) is 0 Å². The van der Waals surface area contributed by atoms with E-state index in [9.17, 15) is 4.79 Å². The Balaban J connectivity index is 1.95. The summed E-state index contributed by atoms with van der Waals surface area (Å²) in [7, 11) is 2.08. The second-order valence-electron chi connectivity index (χ2n) is 5.38. The Bertz CT molecular complexity index is 606. The zero-order valence-electron chi connectivity index (χ0n) is 11.8. The summed E-state index contributed by atoms with van der Waals surface area (Å²) in [6, 6.07) is 12.1. The van der Waals surface area contributed by atoms with Gasteiger partial charge in [-0.1, -0.05) is 18.2 Å². The molecule has 0 fully saturated rings. The fourth-order valence-corrected chi connectivity index (χ4v) is 2.84. The number of para-hydroxylation sites is 1. The van der Waals surface area contributed by atoms with Crippen molar-refractivity contribution in [2.24, 2.45) is 0 Å². The Morgan fingerprint density at radius 1 is 1.25 bits per heavy atom. The molecule has 2 heterocycles. The van der Waals surface area contributed by atoms with Crippen LogP contribution < -0.4 is 4.90 Å². The number of aromatic nitrogens is 1. The molecule has 20 heavy (non-hydrogen) atoms. The molecular formula is C16H19N3O. The van der Waals surface area contributed by atoms with E-state index in [1.165, 1.54) is 11.3 Å². The number of hydrogen-bond donors (Lipinski definition) is 1. The molecule has 2 aromatic rings. The van der Waals surface area contributed by atoms with Gasteiger partial charge in [-0.05, 0) is 30.7 Å². The number of H-pyrrole nitrogens is 1. The second kappa shape index (κ2) is 5.04. The molecule has 0 saturated heterocycles. The van der Waals surface area contributed by atoms with Crippen LogP contribution in [-0.4, -0.2) is 35.4 Å². The van der Waals surface area contributed by atoms with E-state index in [0.717, 1.165) is 6.54 Å². The van der Waals surface area contributed by atoms with Gasteiger partial charge in [-0.3, -0.25) is 4.79 Å². The zero-order chi connectivity index (χ0) is 14.1. The fourth-order valence-electron chi connectivity index (χ4n) is 2.84. The molecule has 1 aromatic carbocycles. The molecule has 104 valence electrons. The Hall–Kier alpha value is -2.23. The quantitative estimate of drug-likeness (QED) is 0.864. The van der Waals surface area contributed by atoms with Gasteiger partial charge in [0.05, 0.1) is 0 Å². The molecule has 0 saturated carbocycles. The first-order chi connectivity index (χ1) is 9.66. The molecule has 1 atom stereocenters. The zero-order valence-corrected chi connectivity index (χ0v) is 11.8. The van der Waals surface area contributed by atoms with Crippen molar-refractivity contribution in [1.29, 1.82) is 0 Å². The highest BCUT2D eigenvalue weighted by atomic mass is 16.2. The number of amides is 1. The van der Waals surface area contributed by atoms with Crippen LogP contribution in [0.4, 0.5) is 5.69 Å². The Labute approximate surface area is 119 Å². The predicted octanol–water partition coefficient (Wildman–Crippen LogP) is 2.50. The molecule has 1 unspecified atom stereocenters. The lowest BCUT2D eigenvalue weighted by Crippen LogP contribution is -2.42. The minimum absolute atomic E-state index is 0.0626. The maximum Gasteiger partial charge on any atom is 0.270 e. The lowest BCUT2D eigenvalue weighted by atomic mass is 10.1. The number of rotatable bonds is 1. The minimum Gasteiger partial charge on any atom is -0.372 e. The molecule has 0 aliphatic carbocycles. The van der Waals surface area contributed by atoms with Gasteiger partial charge in [0.25, 0.3) is 5.91 Å². The van der Waals surface area contributed by atoms with Gasteiger partial charge < -0.3 is 14.8 Å². The van der Waals surface area contributed by atoms with Crippen LogP contribution in [-0.2, 0) is 6.54 Å². The summed E-state index contributed by atoms with van der Waals surface area (Å²) in [5.74, 6) is 0.0626. The maximum absolute atomic E-state index is 12.6. The number of hydrogen-bond acceptors (Lipinski definition) is 2. The van der Waals surface area contributed by atoms with Gasteiger partial charge in [-0.25, -0.2) is 0 Å². The topological polar surface area (TPSA) is 39.3 Å². The van der Waals surface area contributed by atoms with E-state index in [0.29, 0.717) is 12.2 Å². The first kappa shape index (κ1) is 12.8. The van der Waals surface area contributed by atoms with Gasteiger partial charge in [-0.2, -0.15) is 0 Å². The molecule has 4 heteroatoms. The van der Waals surface area contributed by atoms with Crippen LogP contribution in [0.15, 0.2) is 42.6 Å². The molecule has 4 nitrogen and oxygen atoms in total. The van der Waals surface area contributed by atoms with Crippen molar-refractivity contribution < 1.29 is 4.79 Å². The molecular weight excluding hydrogens is 250 g/mol. The van der Waals surface area contributed by atoms with Gasteiger partial charge in [0, 0.05) is 38.1 Å². The molecule has 1 aromatic heterocycles. The minimum atomic E-state index is 0.0626. The third kappa shape index (κ3) is 2.18. The Morgan fingerprint density at radius 2 is 2.05 bits per heavy atom. The van der Waals surface area contributed by atoms with E-state index in [1.54, 1.807) is 6.20 Å². The van der Waals surface area contributed by atoms with Crippen LogP contribution >= 0.6 is 0 Å². The van der Waals surface area contributed by atoms with Gasteiger partial charge in [0.15, 0.2) is 0 Å². The van der Waals surface area contributed by atoms with Crippen LogP contribution in [0.3, 0.4) is 0 Å². The van der Waals surface area contributed by atoms with Gasteiger partial charge in [0.2, 0.25) is 0 Å². The molecule has 1 aliphatic rings.